The minimum atomic E-state index is -0.00954. The second-order valence-corrected chi connectivity index (χ2v) is 3.98. The molecule has 3 heteroatoms. The highest BCUT2D eigenvalue weighted by atomic mass is 16.1. The molecule has 0 aliphatic heterocycles. The molecule has 1 aliphatic rings. The molecule has 0 radical (unpaired) electrons. The van der Waals surface area contributed by atoms with Gasteiger partial charge >= 0.3 is 0 Å². The van der Waals surface area contributed by atoms with E-state index in [0.29, 0.717) is 24.1 Å². The Morgan fingerprint density at radius 2 is 2.14 bits per heavy atom. The van der Waals surface area contributed by atoms with Gasteiger partial charge in [0.15, 0.2) is 5.78 Å². The summed E-state index contributed by atoms with van der Waals surface area (Å²) >= 11 is 0. The van der Waals surface area contributed by atoms with Gasteiger partial charge in [0.2, 0.25) is 0 Å². The van der Waals surface area contributed by atoms with Crippen LogP contribution in [0.25, 0.3) is 0 Å². The fourth-order valence-corrected chi connectivity index (χ4v) is 1.93. The summed E-state index contributed by atoms with van der Waals surface area (Å²) in [7, 11) is 0. The molecule has 0 saturated heterocycles. The Kier molecular flexibility index (Phi) is 3.44. The molecule has 1 unspecified atom stereocenters. The van der Waals surface area contributed by atoms with Crippen LogP contribution in [0.5, 0.6) is 0 Å². The Bertz CT molecular complexity index is 288. The zero-order valence-corrected chi connectivity index (χ0v) is 8.80. The summed E-state index contributed by atoms with van der Waals surface area (Å²) in [6.07, 6.45) is 3.07. The van der Waals surface area contributed by atoms with Gasteiger partial charge in [-0.15, -0.1) is 0 Å². The van der Waals surface area contributed by atoms with Crippen molar-refractivity contribution in [3.05, 3.63) is 11.3 Å². The molecule has 0 aromatic rings. The lowest BCUT2D eigenvalue weighted by Crippen LogP contribution is -2.14. The zero-order chi connectivity index (χ0) is 10.7. The topological polar surface area (TPSA) is 60.2 Å². The molecular weight excluding hydrogens is 178 g/mol. The molecule has 0 aromatic carbocycles. The van der Waals surface area contributed by atoms with E-state index in [-0.39, 0.29) is 17.5 Å². The van der Waals surface area contributed by atoms with E-state index >= 15 is 0 Å². The number of ketones is 2. The first-order valence-electron chi connectivity index (χ1n) is 5.01. The third-order valence-electron chi connectivity index (χ3n) is 2.78. The number of hydrogen-bond acceptors (Lipinski definition) is 3. The molecule has 0 heterocycles. The summed E-state index contributed by atoms with van der Waals surface area (Å²) in [6.45, 7) is 3.22. The Hall–Kier alpha value is -1.12. The van der Waals surface area contributed by atoms with Gasteiger partial charge in [0.05, 0.1) is 0 Å². The number of Topliss-reactive ketones (excluding diaryl/α,β-unsaturated/α-hetero) is 2. The minimum absolute atomic E-state index is 0.00954. The van der Waals surface area contributed by atoms with E-state index in [1.807, 2.05) is 0 Å². The van der Waals surface area contributed by atoms with E-state index in [0.717, 1.165) is 12.8 Å². The highest BCUT2D eigenvalue weighted by Gasteiger charge is 2.26. The second kappa shape index (κ2) is 4.40. The maximum atomic E-state index is 11.4. The van der Waals surface area contributed by atoms with E-state index in [1.54, 1.807) is 6.92 Å². The fourth-order valence-electron chi connectivity index (χ4n) is 1.93. The van der Waals surface area contributed by atoms with Crippen molar-refractivity contribution >= 4 is 11.6 Å². The number of carbonyl (C=O) groups excluding carboxylic acids is 2. The summed E-state index contributed by atoms with van der Waals surface area (Å²) in [5, 5.41) is 0. The molecule has 0 spiro atoms. The Morgan fingerprint density at radius 3 is 2.50 bits per heavy atom. The predicted octanol–water partition coefficient (Wildman–Crippen LogP) is 1.57. The van der Waals surface area contributed by atoms with Gasteiger partial charge < -0.3 is 5.73 Å². The monoisotopic (exact) mass is 195 g/mol. The molecule has 1 fully saturated rings. The van der Waals surface area contributed by atoms with Crippen LogP contribution in [-0.2, 0) is 9.59 Å². The van der Waals surface area contributed by atoms with E-state index < -0.39 is 0 Å². The average molecular weight is 195 g/mol. The van der Waals surface area contributed by atoms with Crippen LogP contribution in [0, 0.1) is 5.92 Å². The van der Waals surface area contributed by atoms with Crippen LogP contribution in [0.3, 0.4) is 0 Å². The first-order chi connectivity index (χ1) is 6.52. The lowest BCUT2D eigenvalue weighted by molar-refractivity contribution is -0.120. The lowest BCUT2D eigenvalue weighted by atomic mass is 9.94. The predicted molar refractivity (Wildman–Crippen MR) is 54.5 cm³/mol. The van der Waals surface area contributed by atoms with E-state index in [1.165, 1.54) is 6.92 Å². The van der Waals surface area contributed by atoms with E-state index in [9.17, 15) is 9.59 Å². The summed E-state index contributed by atoms with van der Waals surface area (Å²) in [6, 6.07) is 0. The average Bonchev–Trinajstić information content (AvgIpc) is 2.46. The smallest absolute Gasteiger partial charge is 0.157 e. The molecule has 0 amide bonds. The number of rotatable bonds is 3. The molecule has 3 nitrogen and oxygen atoms in total. The van der Waals surface area contributed by atoms with Crippen molar-refractivity contribution in [3.8, 4) is 0 Å². The molecule has 0 bridgehead atoms. The van der Waals surface area contributed by atoms with Crippen molar-refractivity contribution in [1.82, 2.24) is 0 Å². The van der Waals surface area contributed by atoms with Crippen molar-refractivity contribution in [1.29, 1.82) is 0 Å². The van der Waals surface area contributed by atoms with Crippen LogP contribution in [0.1, 0.15) is 39.5 Å². The van der Waals surface area contributed by atoms with Crippen LogP contribution < -0.4 is 5.73 Å². The summed E-state index contributed by atoms with van der Waals surface area (Å²) in [4.78, 5) is 22.6. The molecule has 1 atom stereocenters. The Morgan fingerprint density at radius 1 is 1.50 bits per heavy atom. The first kappa shape index (κ1) is 11.0. The summed E-state index contributed by atoms with van der Waals surface area (Å²) in [5.41, 5.74) is 6.79. The van der Waals surface area contributed by atoms with E-state index in [2.05, 4.69) is 0 Å². The molecule has 2 N–H and O–H groups in total. The van der Waals surface area contributed by atoms with Gasteiger partial charge in [-0.05, 0) is 33.1 Å². The number of carbonyl (C=O) groups is 2. The molecule has 0 aromatic heterocycles. The van der Waals surface area contributed by atoms with Gasteiger partial charge in [0.1, 0.15) is 5.78 Å². The normalized spacial score (nSPS) is 23.6. The molecule has 1 rings (SSSR count). The van der Waals surface area contributed by atoms with Crippen LogP contribution in [-0.4, -0.2) is 11.6 Å². The van der Waals surface area contributed by atoms with Gasteiger partial charge in [-0.3, -0.25) is 9.59 Å². The number of hydrogen-bond donors (Lipinski definition) is 1. The number of allylic oxidation sites excluding steroid dienone is 2. The maximum absolute atomic E-state index is 11.4. The van der Waals surface area contributed by atoms with Crippen molar-refractivity contribution in [2.24, 2.45) is 11.7 Å². The molecular formula is C11H17NO2. The third kappa shape index (κ3) is 2.44. The minimum Gasteiger partial charge on any atom is -0.402 e. The molecule has 1 saturated carbocycles. The van der Waals surface area contributed by atoms with Crippen LogP contribution >= 0.6 is 0 Å². The molecule has 78 valence electrons. The van der Waals surface area contributed by atoms with Crippen molar-refractivity contribution in [3.63, 3.8) is 0 Å². The van der Waals surface area contributed by atoms with Crippen molar-refractivity contribution in [2.45, 2.75) is 39.5 Å². The molecule has 1 aliphatic carbocycles. The number of nitrogens with two attached hydrogens (primary N) is 1. The highest BCUT2D eigenvalue weighted by molar-refractivity contribution is 5.95. The zero-order valence-electron chi connectivity index (χ0n) is 8.80. The Balaban J connectivity index is 2.70. The van der Waals surface area contributed by atoms with Gasteiger partial charge in [-0.25, -0.2) is 0 Å². The first-order valence-corrected chi connectivity index (χ1v) is 5.01. The van der Waals surface area contributed by atoms with Crippen LogP contribution in [0.4, 0.5) is 0 Å². The standard InChI is InChI=1S/C11H17NO2/c1-7(12)10(8(2)13)6-9-4-3-5-11(9)14/h9H,3-6,12H2,1-2H3/b10-7+. The third-order valence-corrected chi connectivity index (χ3v) is 2.78. The lowest BCUT2D eigenvalue weighted by Gasteiger charge is -2.10. The maximum Gasteiger partial charge on any atom is 0.157 e. The van der Waals surface area contributed by atoms with Gasteiger partial charge in [-0.2, -0.15) is 0 Å². The van der Waals surface area contributed by atoms with Gasteiger partial charge in [-0.1, -0.05) is 0 Å². The summed E-state index contributed by atoms with van der Waals surface area (Å²) in [5.74, 6) is 0.308. The van der Waals surface area contributed by atoms with Crippen molar-refractivity contribution < 1.29 is 9.59 Å². The van der Waals surface area contributed by atoms with Gasteiger partial charge in [0.25, 0.3) is 0 Å². The van der Waals surface area contributed by atoms with Crippen molar-refractivity contribution in [2.75, 3.05) is 0 Å². The Labute approximate surface area is 84.4 Å². The molecule has 14 heavy (non-hydrogen) atoms. The van der Waals surface area contributed by atoms with Crippen LogP contribution in [0.15, 0.2) is 11.3 Å². The largest absolute Gasteiger partial charge is 0.402 e. The summed E-state index contributed by atoms with van der Waals surface area (Å²) < 4.78 is 0. The van der Waals surface area contributed by atoms with Crippen LogP contribution in [0.2, 0.25) is 0 Å². The fraction of sp³-hybridized carbons (Fsp3) is 0.636. The van der Waals surface area contributed by atoms with E-state index in [4.69, 9.17) is 5.73 Å². The SMILES string of the molecule is CC(=O)/C(CC1CCCC1=O)=C(\C)N. The quantitative estimate of drug-likeness (QED) is 0.695. The highest BCUT2D eigenvalue weighted by Crippen LogP contribution is 2.28. The second-order valence-electron chi connectivity index (χ2n) is 3.98. The van der Waals surface area contributed by atoms with Gasteiger partial charge in [0, 0.05) is 23.6 Å².